The predicted molar refractivity (Wildman–Crippen MR) is 70.6 cm³/mol. The van der Waals surface area contributed by atoms with Gasteiger partial charge >= 0.3 is 5.00 Å². The number of hydrogen-bond donors (Lipinski definition) is 1. The third-order valence-electron chi connectivity index (χ3n) is 2.24. The zero-order valence-corrected chi connectivity index (χ0v) is 10.9. The summed E-state index contributed by atoms with van der Waals surface area (Å²) in [6, 6.07) is 5.82. The Bertz CT molecular complexity index is 519. The summed E-state index contributed by atoms with van der Waals surface area (Å²) in [7, 11) is 0. The molecule has 2 aromatic heterocycles. The second-order valence-electron chi connectivity index (χ2n) is 3.67. The second-order valence-corrected chi connectivity index (χ2v) is 5.93. The van der Waals surface area contributed by atoms with Gasteiger partial charge in [0.25, 0.3) is 0 Å². The molecule has 0 fully saturated rings. The van der Waals surface area contributed by atoms with Crippen LogP contribution in [-0.4, -0.2) is 4.92 Å². The van der Waals surface area contributed by atoms with E-state index in [-0.39, 0.29) is 9.92 Å². The lowest BCUT2D eigenvalue weighted by Crippen LogP contribution is -2.10. The summed E-state index contributed by atoms with van der Waals surface area (Å²) in [6.45, 7) is 3.56. The van der Waals surface area contributed by atoms with E-state index >= 15 is 0 Å². The van der Waals surface area contributed by atoms with Crippen molar-refractivity contribution in [1.82, 2.24) is 5.32 Å². The first-order valence-electron chi connectivity index (χ1n) is 5.13. The van der Waals surface area contributed by atoms with E-state index < -0.39 is 0 Å². The molecule has 4 nitrogen and oxygen atoms in total. The van der Waals surface area contributed by atoms with E-state index in [4.69, 9.17) is 0 Å². The molecule has 6 heteroatoms. The van der Waals surface area contributed by atoms with E-state index in [1.165, 1.54) is 21.1 Å². The van der Waals surface area contributed by atoms with Crippen LogP contribution in [0.5, 0.6) is 0 Å². The van der Waals surface area contributed by atoms with Gasteiger partial charge in [-0.1, -0.05) is 11.3 Å². The van der Waals surface area contributed by atoms with Crippen molar-refractivity contribution >= 4 is 27.7 Å². The molecule has 0 saturated heterocycles. The van der Waals surface area contributed by atoms with Gasteiger partial charge in [-0.3, -0.25) is 10.1 Å². The molecule has 0 bridgehead atoms. The zero-order chi connectivity index (χ0) is 12.3. The van der Waals surface area contributed by atoms with Crippen LogP contribution in [-0.2, 0) is 13.1 Å². The van der Waals surface area contributed by atoms with E-state index in [2.05, 4.69) is 24.4 Å². The summed E-state index contributed by atoms with van der Waals surface area (Å²) >= 11 is 2.94. The summed E-state index contributed by atoms with van der Waals surface area (Å²) in [4.78, 5) is 12.7. The molecule has 0 spiro atoms. The van der Waals surface area contributed by atoms with Gasteiger partial charge in [-0.2, -0.15) is 0 Å². The molecule has 0 aromatic carbocycles. The van der Waals surface area contributed by atoms with Crippen LogP contribution in [0.25, 0.3) is 0 Å². The number of aryl methyl sites for hydroxylation is 1. The first-order valence-corrected chi connectivity index (χ1v) is 6.82. The van der Waals surface area contributed by atoms with Gasteiger partial charge in [0, 0.05) is 34.3 Å². The van der Waals surface area contributed by atoms with Gasteiger partial charge in [0.1, 0.15) is 0 Å². The summed E-state index contributed by atoms with van der Waals surface area (Å²) in [5, 5.41) is 15.8. The van der Waals surface area contributed by atoms with E-state index in [1.807, 2.05) is 5.38 Å². The highest BCUT2D eigenvalue weighted by Crippen LogP contribution is 2.22. The third kappa shape index (κ3) is 3.36. The molecule has 0 aliphatic heterocycles. The van der Waals surface area contributed by atoms with E-state index in [0.29, 0.717) is 6.54 Å². The Labute approximate surface area is 107 Å². The van der Waals surface area contributed by atoms with Gasteiger partial charge in [-0.15, -0.1) is 11.3 Å². The highest BCUT2D eigenvalue weighted by atomic mass is 32.1. The number of thiophene rings is 2. The van der Waals surface area contributed by atoms with Crippen LogP contribution in [0.1, 0.15) is 15.3 Å². The number of hydrogen-bond acceptors (Lipinski definition) is 5. The van der Waals surface area contributed by atoms with E-state index in [0.717, 1.165) is 12.1 Å². The average molecular weight is 268 g/mol. The molecule has 0 radical (unpaired) electrons. The Morgan fingerprint density at radius 3 is 2.82 bits per heavy atom. The smallest absolute Gasteiger partial charge is 0.308 e. The largest absolute Gasteiger partial charge is 0.324 e. The molecule has 17 heavy (non-hydrogen) atoms. The minimum atomic E-state index is -0.350. The van der Waals surface area contributed by atoms with Crippen molar-refractivity contribution < 1.29 is 4.92 Å². The number of nitrogens with zero attached hydrogens (tertiary/aromatic N) is 1. The fraction of sp³-hybridized carbons (Fsp3) is 0.273. The summed E-state index contributed by atoms with van der Waals surface area (Å²) in [5.41, 5.74) is 0.968. The number of nitrogens with one attached hydrogen (secondary N) is 1. The van der Waals surface area contributed by atoms with Gasteiger partial charge < -0.3 is 5.32 Å². The molecular weight excluding hydrogens is 256 g/mol. The van der Waals surface area contributed by atoms with Gasteiger partial charge in [-0.05, 0) is 24.6 Å². The second kappa shape index (κ2) is 5.39. The van der Waals surface area contributed by atoms with Crippen LogP contribution in [0.2, 0.25) is 0 Å². The molecule has 2 rings (SSSR count). The Kier molecular flexibility index (Phi) is 3.88. The van der Waals surface area contributed by atoms with Crippen molar-refractivity contribution in [2.24, 2.45) is 0 Å². The van der Waals surface area contributed by atoms with Crippen molar-refractivity contribution in [3.8, 4) is 0 Å². The number of rotatable bonds is 5. The highest BCUT2D eigenvalue weighted by molar-refractivity contribution is 7.13. The van der Waals surface area contributed by atoms with Crippen molar-refractivity contribution in [3.63, 3.8) is 0 Å². The van der Waals surface area contributed by atoms with E-state index in [1.54, 1.807) is 17.4 Å². The Morgan fingerprint density at radius 2 is 2.24 bits per heavy atom. The minimum Gasteiger partial charge on any atom is -0.308 e. The average Bonchev–Trinajstić information content (AvgIpc) is 2.88. The normalized spacial score (nSPS) is 10.6. The van der Waals surface area contributed by atoms with Gasteiger partial charge in [0.15, 0.2) is 0 Å². The molecule has 0 atom stereocenters. The van der Waals surface area contributed by atoms with Crippen LogP contribution in [0.3, 0.4) is 0 Å². The Morgan fingerprint density at radius 1 is 1.41 bits per heavy atom. The fourth-order valence-corrected chi connectivity index (χ4v) is 3.05. The molecule has 0 amide bonds. The van der Waals surface area contributed by atoms with Crippen LogP contribution >= 0.6 is 22.7 Å². The maximum Gasteiger partial charge on any atom is 0.324 e. The molecule has 0 aliphatic carbocycles. The fourth-order valence-electron chi connectivity index (χ4n) is 1.46. The standard InChI is InChI=1S/C11H12N2O2S2/c1-8-2-3-10(17-8)6-12-5-9-4-11(13(14)15)16-7-9/h2-4,7,12H,5-6H2,1H3. The molecule has 0 unspecified atom stereocenters. The molecule has 90 valence electrons. The number of nitro groups is 1. The molecule has 0 saturated carbocycles. The monoisotopic (exact) mass is 268 g/mol. The summed E-state index contributed by atoms with van der Waals surface area (Å²) < 4.78 is 0. The first kappa shape index (κ1) is 12.2. The van der Waals surface area contributed by atoms with Crippen LogP contribution in [0.15, 0.2) is 23.6 Å². The molecule has 0 aliphatic rings. The first-order chi connectivity index (χ1) is 8.15. The van der Waals surface area contributed by atoms with Crippen molar-refractivity contribution in [3.05, 3.63) is 49.0 Å². The van der Waals surface area contributed by atoms with Gasteiger partial charge in [0.2, 0.25) is 0 Å². The third-order valence-corrected chi connectivity index (χ3v) is 4.17. The van der Waals surface area contributed by atoms with Crippen LogP contribution < -0.4 is 5.32 Å². The molecule has 1 N–H and O–H groups in total. The van der Waals surface area contributed by atoms with E-state index in [9.17, 15) is 10.1 Å². The summed E-state index contributed by atoms with van der Waals surface area (Å²) in [5.74, 6) is 0. The molecule has 2 heterocycles. The molecule has 2 aromatic rings. The van der Waals surface area contributed by atoms with Crippen molar-refractivity contribution in [1.29, 1.82) is 0 Å². The summed E-state index contributed by atoms with van der Waals surface area (Å²) in [6.07, 6.45) is 0. The van der Waals surface area contributed by atoms with Gasteiger partial charge in [0.05, 0.1) is 4.92 Å². The van der Waals surface area contributed by atoms with Gasteiger partial charge in [-0.25, -0.2) is 0 Å². The van der Waals surface area contributed by atoms with Crippen LogP contribution in [0, 0.1) is 17.0 Å². The topological polar surface area (TPSA) is 55.2 Å². The lowest BCUT2D eigenvalue weighted by Gasteiger charge is -1.99. The molecular formula is C11H12N2O2S2. The quantitative estimate of drug-likeness (QED) is 0.668. The Balaban J connectivity index is 1.83. The zero-order valence-electron chi connectivity index (χ0n) is 9.30. The maximum atomic E-state index is 10.5. The van der Waals surface area contributed by atoms with Crippen LogP contribution in [0.4, 0.5) is 5.00 Å². The highest BCUT2D eigenvalue weighted by Gasteiger charge is 2.08. The van der Waals surface area contributed by atoms with Crippen molar-refractivity contribution in [2.75, 3.05) is 0 Å². The lowest BCUT2D eigenvalue weighted by molar-refractivity contribution is -0.380. The Hall–Kier alpha value is -1.24. The SMILES string of the molecule is Cc1ccc(CNCc2csc([N+](=O)[O-])c2)s1. The van der Waals surface area contributed by atoms with Crippen molar-refractivity contribution in [2.45, 2.75) is 20.0 Å². The maximum absolute atomic E-state index is 10.5. The minimum absolute atomic E-state index is 0.203. The predicted octanol–water partition coefficient (Wildman–Crippen LogP) is 3.32. The lowest BCUT2D eigenvalue weighted by atomic mass is 10.3.